The third kappa shape index (κ3) is 3.20. The van der Waals surface area contributed by atoms with E-state index in [1.807, 2.05) is 13.8 Å². The van der Waals surface area contributed by atoms with E-state index in [9.17, 15) is 9.59 Å². The van der Waals surface area contributed by atoms with Crippen molar-refractivity contribution in [1.29, 1.82) is 0 Å². The molecule has 1 saturated carbocycles. The van der Waals surface area contributed by atoms with Crippen molar-refractivity contribution in [3.05, 3.63) is 0 Å². The first-order valence-electron chi connectivity index (χ1n) is 5.64. The molecular weight excluding hydrogens is 208 g/mol. The molecule has 1 aliphatic rings. The number of nitrogens with one attached hydrogen (secondary N) is 2. The van der Waals surface area contributed by atoms with Crippen molar-refractivity contribution in [3.63, 3.8) is 0 Å². The monoisotopic (exact) mass is 228 g/mol. The van der Waals surface area contributed by atoms with E-state index in [4.69, 9.17) is 5.11 Å². The molecule has 3 N–H and O–H groups in total. The lowest BCUT2D eigenvalue weighted by molar-refractivity contribution is -0.145. The van der Waals surface area contributed by atoms with Gasteiger partial charge in [-0.25, -0.2) is 0 Å². The Labute approximate surface area is 95.6 Å². The quantitative estimate of drug-likeness (QED) is 0.613. The van der Waals surface area contributed by atoms with E-state index >= 15 is 0 Å². The number of amides is 1. The average Bonchev–Trinajstić information content (AvgIpc) is 2.95. The zero-order valence-corrected chi connectivity index (χ0v) is 10.0. The van der Waals surface area contributed by atoms with E-state index < -0.39 is 11.5 Å². The molecule has 1 rings (SSSR count). The third-order valence-electron chi connectivity index (χ3n) is 2.90. The summed E-state index contributed by atoms with van der Waals surface area (Å²) in [5.74, 6) is -0.896. The van der Waals surface area contributed by atoms with Crippen LogP contribution in [0.3, 0.4) is 0 Å². The molecule has 1 unspecified atom stereocenters. The highest BCUT2D eigenvalue weighted by Gasteiger charge is 2.47. The van der Waals surface area contributed by atoms with Gasteiger partial charge in [0.1, 0.15) is 5.54 Å². The Morgan fingerprint density at radius 3 is 2.38 bits per heavy atom. The molecule has 1 fully saturated rings. The lowest BCUT2D eigenvalue weighted by Crippen LogP contribution is -2.54. The smallest absolute Gasteiger partial charge is 0.323 e. The number of hydrogen-bond acceptors (Lipinski definition) is 3. The Bertz CT molecular complexity index is 287. The topological polar surface area (TPSA) is 78.4 Å². The first-order chi connectivity index (χ1) is 7.36. The fourth-order valence-electron chi connectivity index (χ4n) is 1.69. The Kier molecular flexibility index (Phi) is 3.91. The van der Waals surface area contributed by atoms with Crippen molar-refractivity contribution in [2.24, 2.45) is 5.92 Å². The van der Waals surface area contributed by atoms with Crippen LogP contribution in [-0.2, 0) is 9.59 Å². The van der Waals surface area contributed by atoms with Gasteiger partial charge in [0.2, 0.25) is 5.91 Å². The van der Waals surface area contributed by atoms with Gasteiger partial charge in [0.15, 0.2) is 0 Å². The van der Waals surface area contributed by atoms with Gasteiger partial charge in [0, 0.05) is 6.04 Å². The average molecular weight is 228 g/mol. The van der Waals surface area contributed by atoms with Gasteiger partial charge < -0.3 is 10.4 Å². The summed E-state index contributed by atoms with van der Waals surface area (Å²) >= 11 is 0. The molecular formula is C11H20N2O3. The van der Waals surface area contributed by atoms with Crippen LogP contribution in [0.5, 0.6) is 0 Å². The molecule has 0 spiro atoms. The number of rotatable bonds is 6. The van der Waals surface area contributed by atoms with Gasteiger partial charge >= 0.3 is 5.97 Å². The first-order valence-corrected chi connectivity index (χ1v) is 5.64. The number of carboxylic acid groups (broad SMARTS) is 1. The van der Waals surface area contributed by atoms with Gasteiger partial charge in [-0.2, -0.15) is 0 Å². The van der Waals surface area contributed by atoms with Crippen LogP contribution in [0.4, 0.5) is 0 Å². The van der Waals surface area contributed by atoms with Crippen LogP contribution in [-0.4, -0.2) is 35.1 Å². The van der Waals surface area contributed by atoms with Crippen LogP contribution < -0.4 is 10.6 Å². The molecule has 0 aliphatic heterocycles. The maximum Gasteiger partial charge on any atom is 0.323 e. The molecule has 0 aromatic carbocycles. The second kappa shape index (κ2) is 4.82. The van der Waals surface area contributed by atoms with Crippen molar-refractivity contribution < 1.29 is 14.7 Å². The number of carboxylic acids is 1. The summed E-state index contributed by atoms with van der Waals surface area (Å²) in [4.78, 5) is 22.5. The van der Waals surface area contributed by atoms with Crippen molar-refractivity contribution >= 4 is 11.9 Å². The van der Waals surface area contributed by atoms with E-state index in [1.165, 1.54) is 0 Å². The Morgan fingerprint density at radius 2 is 2.00 bits per heavy atom. The number of carbonyl (C=O) groups is 2. The number of aliphatic carboxylic acids is 1. The first kappa shape index (κ1) is 13.0. The van der Waals surface area contributed by atoms with E-state index in [0.717, 1.165) is 12.8 Å². The SMILES string of the molecule is CC(C)NC(=O)CNC(C)(C(=O)O)C1CC1. The molecule has 16 heavy (non-hydrogen) atoms. The van der Waals surface area contributed by atoms with Gasteiger partial charge in [-0.05, 0) is 39.5 Å². The third-order valence-corrected chi connectivity index (χ3v) is 2.90. The van der Waals surface area contributed by atoms with Gasteiger partial charge in [-0.15, -0.1) is 0 Å². The highest BCUT2D eigenvalue weighted by atomic mass is 16.4. The van der Waals surface area contributed by atoms with Crippen molar-refractivity contribution in [1.82, 2.24) is 10.6 Å². The molecule has 0 aromatic heterocycles. The Balaban J connectivity index is 2.45. The minimum absolute atomic E-state index is 0.0531. The van der Waals surface area contributed by atoms with Gasteiger partial charge in [-0.3, -0.25) is 14.9 Å². The molecule has 92 valence electrons. The molecule has 0 saturated heterocycles. The summed E-state index contributed by atoms with van der Waals surface area (Å²) in [6.45, 7) is 5.44. The van der Waals surface area contributed by atoms with E-state index in [2.05, 4.69) is 10.6 Å². The summed E-state index contributed by atoms with van der Waals surface area (Å²) in [5.41, 5.74) is -0.964. The van der Waals surface area contributed by atoms with Crippen LogP contribution in [0, 0.1) is 5.92 Å². The number of carbonyl (C=O) groups excluding carboxylic acids is 1. The second-order valence-corrected chi connectivity index (χ2v) is 4.86. The Hall–Kier alpha value is -1.10. The van der Waals surface area contributed by atoms with E-state index in [0.29, 0.717) is 0 Å². The maximum absolute atomic E-state index is 11.4. The maximum atomic E-state index is 11.4. The lowest BCUT2D eigenvalue weighted by Gasteiger charge is -2.26. The largest absolute Gasteiger partial charge is 0.480 e. The molecule has 1 aliphatic carbocycles. The summed E-state index contributed by atoms with van der Waals surface area (Å²) in [5, 5.41) is 14.7. The van der Waals surface area contributed by atoms with Crippen LogP contribution in [0.2, 0.25) is 0 Å². The second-order valence-electron chi connectivity index (χ2n) is 4.86. The normalized spacial score (nSPS) is 19.2. The van der Waals surface area contributed by atoms with Gasteiger partial charge in [0.05, 0.1) is 6.54 Å². The predicted octanol–water partition coefficient (Wildman–Crippen LogP) is 0.354. The fourth-order valence-corrected chi connectivity index (χ4v) is 1.69. The van der Waals surface area contributed by atoms with Crippen LogP contribution in [0.25, 0.3) is 0 Å². The highest BCUT2D eigenvalue weighted by molar-refractivity contribution is 5.82. The minimum atomic E-state index is -0.964. The molecule has 1 atom stereocenters. The molecule has 0 heterocycles. The van der Waals surface area contributed by atoms with Crippen molar-refractivity contribution in [2.75, 3.05) is 6.54 Å². The van der Waals surface area contributed by atoms with Crippen LogP contribution in [0.15, 0.2) is 0 Å². The summed E-state index contributed by atoms with van der Waals surface area (Å²) < 4.78 is 0. The molecule has 5 heteroatoms. The minimum Gasteiger partial charge on any atom is -0.480 e. The van der Waals surface area contributed by atoms with Crippen LogP contribution in [0.1, 0.15) is 33.6 Å². The molecule has 1 amide bonds. The molecule has 5 nitrogen and oxygen atoms in total. The number of hydrogen-bond donors (Lipinski definition) is 3. The van der Waals surface area contributed by atoms with E-state index in [-0.39, 0.29) is 24.4 Å². The lowest BCUT2D eigenvalue weighted by atomic mass is 9.96. The van der Waals surface area contributed by atoms with E-state index in [1.54, 1.807) is 6.92 Å². The molecule has 0 bridgehead atoms. The molecule has 0 aromatic rings. The van der Waals surface area contributed by atoms with Crippen LogP contribution >= 0.6 is 0 Å². The Morgan fingerprint density at radius 1 is 1.44 bits per heavy atom. The summed E-state index contributed by atoms with van der Waals surface area (Å²) in [7, 11) is 0. The standard InChI is InChI=1S/C11H20N2O3/c1-7(2)13-9(14)6-12-11(3,10(15)16)8-4-5-8/h7-8,12H,4-6H2,1-3H3,(H,13,14)(H,15,16). The highest BCUT2D eigenvalue weighted by Crippen LogP contribution is 2.39. The zero-order valence-electron chi connectivity index (χ0n) is 10.0. The van der Waals surface area contributed by atoms with Crippen molar-refractivity contribution in [2.45, 2.75) is 45.2 Å². The van der Waals surface area contributed by atoms with Gasteiger partial charge in [-0.1, -0.05) is 0 Å². The summed E-state index contributed by atoms with van der Waals surface area (Å²) in [6, 6.07) is 0.0753. The van der Waals surface area contributed by atoms with Gasteiger partial charge in [0.25, 0.3) is 0 Å². The predicted molar refractivity (Wildman–Crippen MR) is 60.0 cm³/mol. The fraction of sp³-hybridized carbons (Fsp3) is 0.818. The summed E-state index contributed by atoms with van der Waals surface area (Å²) in [6.07, 6.45) is 1.84. The zero-order chi connectivity index (χ0) is 12.3. The van der Waals surface area contributed by atoms with Crippen molar-refractivity contribution in [3.8, 4) is 0 Å². The molecule has 0 radical (unpaired) electrons.